The Morgan fingerprint density at radius 3 is 2.53 bits per heavy atom. The molecule has 3 aromatic rings. The third kappa shape index (κ3) is 2.65. The maximum Gasteiger partial charge on any atom is 0.243 e. The van der Waals surface area contributed by atoms with E-state index < -0.39 is 0 Å². The molecule has 1 heterocycles. The molecule has 0 fully saturated rings. The molecule has 0 aliphatic rings. The molecule has 3 heteroatoms. The summed E-state index contributed by atoms with van der Waals surface area (Å²) in [5.41, 5.74) is 1.02. The summed E-state index contributed by atoms with van der Waals surface area (Å²) < 4.78 is 9.62. The van der Waals surface area contributed by atoms with Crippen LogP contribution in [0, 0.1) is 6.33 Å². The van der Waals surface area contributed by atoms with E-state index in [4.69, 9.17) is 4.74 Å². The average Bonchev–Trinajstić information content (AvgIpc) is 2.87. The lowest BCUT2D eigenvalue weighted by Gasteiger charge is -2.08. The standard InChI is InChI=1S/C16H14N2O/c1-17-10-11-18(13-17)14-6-5-9-16(12-14)19-15-7-3-2-4-8-15/h2-12H,1H3. The Labute approximate surface area is 112 Å². The van der Waals surface area contributed by atoms with E-state index in [1.54, 1.807) is 0 Å². The van der Waals surface area contributed by atoms with E-state index in [9.17, 15) is 0 Å². The number of benzene rings is 2. The fourth-order valence-corrected chi connectivity index (χ4v) is 1.87. The number of nitrogens with zero attached hydrogens (tertiary/aromatic N) is 2. The molecule has 19 heavy (non-hydrogen) atoms. The van der Waals surface area contributed by atoms with Crippen LogP contribution in [0.2, 0.25) is 0 Å². The van der Waals surface area contributed by atoms with Gasteiger partial charge in [0, 0.05) is 12.4 Å². The Kier molecular flexibility index (Phi) is 3.02. The molecule has 94 valence electrons. The van der Waals surface area contributed by atoms with E-state index >= 15 is 0 Å². The highest BCUT2D eigenvalue weighted by molar-refractivity contribution is 5.40. The highest BCUT2D eigenvalue weighted by Crippen LogP contribution is 2.22. The predicted octanol–water partition coefficient (Wildman–Crippen LogP) is 2.89. The SMILES string of the molecule is C[n+]1[c-]n(-c2cccc(Oc3ccccc3)c2)cc1. The van der Waals surface area contributed by atoms with Crippen LogP contribution < -0.4 is 9.30 Å². The zero-order valence-electron chi connectivity index (χ0n) is 10.7. The van der Waals surface area contributed by atoms with Gasteiger partial charge in [0.2, 0.25) is 6.33 Å². The quantitative estimate of drug-likeness (QED) is 0.516. The van der Waals surface area contributed by atoms with Crippen molar-refractivity contribution in [1.82, 2.24) is 4.57 Å². The number of ether oxygens (including phenoxy) is 1. The van der Waals surface area contributed by atoms with Gasteiger partial charge in [-0.05, 0) is 24.3 Å². The molecule has 0 atom stereocenters. The smallest absolute Gasteiger partial charge is 0.243 e. The molecule has 0 unspecified atom stereocenters. The monoisotopic (exact) mass is 250 g/mol. The maximum atomic E-state index is 5.81. The lowest BCUT2D eigenvalue weighted by atomic mass is 10.3. The van der Waals surface area contributed by atoms with Gasteiger partial charge in [0.15, 0.2) is 0 Å². The summed E-state index contributed by atoms with van der Waals surface area (Å²) in [6.45, 7) is 0. The van der Waals surface area contributed by atoms with Crippen LogP contribution in [0.15, 0.2) is 67.0 Å². The summed E-state index contributed by atoms with van der Waals surface area (Å²) in [5.74, 6) is 1.65. The van der Waals surface area contributed by atoms with Crippen molar-refractivity contribution < 1.29 is 9.30 Å². The lowest BCUT2D eigenvalue weighted by Crippen LogP contribution is -2.24. The van der Waals surface area contributed by atoms with Gasteiger partial charge in [-0.3, -0.25) is 0 Å². The van der Waals surface area contributed by atoms with E-state index in [0.717, 1.165) is 17.2 Å². The van der Waals surface area contributed by atoms with E-state index in [2.05, 4.69) is 6.33 Å². The van der Waals surface area contributed by atoms with Gasteiger partial charge in [0.1, 0.15) is 11.5 Å². The first kappa shape index (κ1) is 11.5. The molecular weight excluding hydrogens is 236 g/mol. The molecule has 0 amide bonds. The van der Waals surface area contributed by atoms with Gasteiger partial charge in [-0.2, -0.15) is 0 Å². The zero-order valence-corrected chi connectivity index (χ0v) is 10.7. The molecule has 1 aromatic heterocycles. The van der Waals surface area contributed by atoms with Crippen LogP contribution >= 0.6 is 0 Å². The number of hydrogen-bond acceptors (Lipinski definition) is 1. The molecule has 0 aliphatic heterocycles. The fraction of sp³-hybridized carbons (Fsp3) is 0.0625. The molecule has 0 bridgehead atoms. The van der Waals surface area contributed by atoms with Crippen LogP contribution in [0.3, 0.4) is 0 Å². The number of aryl methyl sites for hydroxylation is 1. The summed E-state index contributed by atoms with van der Waals surface area (Å²) >= 11 is 0. The van der Waals surface area contributed by atoms with Crippen molar-refractivity contribution in [1.29, 1.82) is 0 Å². The Hall–Kier alpha value is -2.55. The van der Waals surface area contributed by atoms with Crippen LogP contribution in [-0.4, -0.2) is 4.57 Å². The Balaban J connectivity index is 1.88. The maximum absolute atomic E-state index is 5.81. The normalized spacial score (nSPS) is 10.4. The third-order valence-corrected chi connectivity index (χ3v) is 2.78. The van der Waals surface area contributed by atoms with E-state index in [1.165, 1.54) is 0 Å². The first-order valence-electron chi connectivity index (χ1n) is 6.11. The van der Waals surface area contributed by atoms with Crippen molar-refractivity contribution in [2.75, 3.05) is 0 Å². The molecule has 0 saturated carbocycles. The van der Waals surface area contributed by atoms with Gasteiger partial charge in [0.05, 0.1) is 12.7 Å². The molecule has 3 rings (SSSR count). The minimum Gasteiger partial charge on any atom is -0.458 e. The minimum absolute atomic E-state index is 0.813. The lowest BCUT2D eigenvalue weighted by molar-refractivity contribution is -0.674. The fourth-order valence-electron chi connectivity index (χ4n) is 1.87. The number of hydrogen-bond donors (Lipinski definition) is 0. The minimum atomic E-state index is 0.813. The van der Waals surface area contributed by atoms with Crippen molar-refractivity contribution in [3.63, 3.8) is 0 Å². The largest absolute Gasteiger partial charge is 0.458 e. The van der Waals surface area contributed by atoms with Crippen molar-refractivity contribution in [3.8, 4) is 17.2 Å². The topological polar surface area (TPSA) is 18.0 Å². The second-order valence-electron chi connectivity index (χ2n) is 4.29. The van der Waals surface area contributed by atoms with Crippen LogP contribution in [0.1, 0.15) is 0 Å². The number of aromatic nitrogens is 2. The van der Waals surface area contributed by atoms with Crippen LogP contribution in [0.25, 0.3) is 5.69 Å². The van der Waals surface area contributed by atoms with Crippen molar-refractivity contribution >= 4 is 0 Å². The number of imidazole rings is 1. The first-order chi connectivity index (χ1) is 9.31. The first-order valence-corrected chi connectivity index (χ1v) is 6.11. The van der Waals surface area contributed by atoms with Gasteiger partial charge in [-0.25, -0.2) is 0 Å². The molecule has 2 aromatic carbocycles. The van der Waals surface area contributed by atoms with Gasteiger partial charge in [-0.15, -0.1) is 0 Å². The van der Waals surface area contributed by atoms with E-state index in [1.807, 2.05) is 83.2 Å². The molecule has 0 radical (unpaired) electrons. The van der Waals surface area contributed by atoms with E-state index in [-0.39, 0.29) is 0 Å². The Morgan fingerprint density at radius 1 is 1.00 bits per heavy atom. The van der Waals surface area contributed by atoms with Gasteiger partial charge >= 0.3 is 0 Å². The number of para-hydroxylation sites is 1. The van der Waals surface area contributed by atoms with Gasteiger partial charge < -0.3 is 13.9 Å². The van der Waals surface area contributed by atoms with Crippen molar-refractivity contribution in [2.45, 2.75) is 0 Å². The molecular formula is C16H14N2O. The van der Waals surface area contributed by atoms with Crippen LogP contribution in [0.5, 0.6) is 11.5 Å². The van der Waals surface area contributed by atoms with Crippen LogP contribution in [-0.2, 0) is 7.05 Å². The molecule has 0 spiro atoms. The molecule has 0 N–H and O–H groups in total. The average molecular weight is 250 g/mol. The third-order valence-electron chi connectivity index (χ3n) is 2.78. The van der Waals surface area contributed by atoms with E-state index in [0.29, 0.717) is 0 Å². The second kappa shape index (κ2) is 4.98. The molecule has 0 saturated heterocycles. The summed E-state index contributed by atoms with van der Waals surface area (Å²) in [5, 5.41) is 0. The van der Waals surface area contributed by atoms with Crippen molar-refractivity contribution in [2.24, 2.45) is 7.05 Å². The second-order valence-corrected chi connectivity index (χ2v) is 4.29. The summed E-state index contributed by atoms with van der Waals surface area (Å²) in [6, 6.07) is 17.7. The summed E-state index contributed by atoms with van der Waals surface area (Å²) in [6.07, 6.45) is 7.07. The zero-order chi connectivity index (χ0) is 13.1. The summed E-state index contributed by atoms with van der Waals surface area (Å²) in [4.78, 5) is 0. The molecule has 0 aliphatic carbocycles. The summed E-state index contributed by atoms with van der Waals surface area (Å²) in [7, 11) is 1.95. The van der Waals surface area contributed by atoms with Gasteiger partial charge in [0.25, 0.3) is 0 Å². The highest BCUT2D eigenvalue weighted by Gasteiger charge is 2.00. The highest BCUT2D eigenvalue weighted by atomic mass is 16.5. The predicted molar refractivity (Wildman–Crippen MR) is 72.3 cm³/mol. The molecule has 3 nitrogen and oxygen atoms in total. The van der Waals surface area contributed by atoms with Gasteiger partial charge in [-0.1, -0.05) is 30.3 Å². The van der Waals surface area contributed by atoms with Crippen LogP contribution in [0.4, 0.5) is 0 Å². The Morgan fingerprint density at radius 2 is 1.79 bits per heavy atom. The number of rotatable bonds is 3. The van der Waals surface area contributed by atoms with Crippen molar-refractivity contribution in [3.05, 3.63) is 73.3 Å². The Bertz CT molecular complexity index is 674.